The lowest BCUT2D eigenvalue weighted by molar-refractivity contribution is 0.0858. The van der Waals surface area contributed by atoms with Crippen LogP contribution < -0.4 is 0 Å². The first-order valence-electron chi connectivity index (χ1n) is 6.33. The van der Waals surface area contributed by atoms with E-state index in [1.165, 1.54) is 12.1 Å². The minimum atomic E-state index is -1.20. The standard InChI is InChI=1S/C15H14O5/c1-7(2)5-6-15-13(19)11-9(17)4-3-8(16)10(11)12(18)14(15)20-15/h3-5,14,16-17H,6H2,1-2H3/t14-,15+/m1/s1. The zero-order valence-corrected chi connectivity index (χ0v) is 11.1. The molecule has 0 spiro atoms. The van der Waals surface area contributed by atoms with Gasteiger partial charge in [0.15, 0.2) is 17.5 Å². The molecule has 5 nitrogen and oxygen atoms in total. The molecule has 3 rings (SSSR count). The number of ether oxygens (including phenoxy) is 1. The Labute approximate surface area is 115 Å². The third-order valence-electron chi connectivity index (χ3n) is 3.77. The van der Waals surface area contributed by atoms with Crippen molar-refractivity contribution in [3.05, 3.63) is 34.9 Å². The fourth-order valence-corrected chi connectivity index (χ4v) is 2.62. The Morgan fingerprint density at radius 1 is 1.25 bits per heavy atom. The first-order chi connectivity index (χ1) is 9.38. The molecule has 1 fully saturated rings. The molecule has 0 aromatic heterocycles. The van der Waals surface area contributed by atoms with E-state index in [-0.39, 0.29) is 22.6 Å². The molecule has 5 heteroatoms. The van der Waals surface area contributed by atoms with E-state index in [2.05, 4.69) is 0 Å². The maximum Gasteiger partial charge on any atom is 0.202 e. The zero-order chi connectivity index (χ0) is 14.7. The maximum atomic E-state index is 12.5. The van der Waals surface area contributed by atoms with Crippen molar-refractivity contribution in [2.45, 2.75) is 32.0 Å². The maximum absolute atomic E-state index is 12.5. The van der Waals surface area contributed by atoms with Crippen LogP contribution in [0.5, 0.6) is 11.5 Å². The van der Waals surface area contributed by atoms with Crippen LogP contribution in [0.15, 0.2) is 23.8 Å². The van der Waals surface area contributed by atoms with E-state index >= 15 is 0 Å². The summed E-state index contributed by atoms with van der Waals surface area (Å²) in [4.78, 5) is 24.8. The van der Waals surface area contributed by atoms with Gasteiger partial charge in [0.1, 0.15) is 11.5 Å². The van der Waals surface area contributed by atoms with Crippen LogP contribution in [0.2, 0.25) is 0 Å². The molecular formula is C15H14O5. The van der Waals surface area contributed by atoms with Gasteiger partial charge in [-0.3, -0.25) is 9.59 Å². The van der Waals surface area contributed by atoms with Gasteiger partial charge in [-0.25, -0.2) is 0 Å². The first kappa shape index (κ1) is 12.9. The molecule has 1 saturated heterocycles. The molecule has 2 aliphatic rings. The minimum absolute atomic E-state index is 0.133. The SMILES string of the molecule is CC(C)=CC[C@@]12O[C@@H]1C(=O)c1c(O)ccc(O)c1C2=O. The van der Waals surface area contributed by atoms with Gasteiger partial charge in [-0.15, -0.1) is 0 Å². The summed E-state index contributed by atoms with van der Waals surface area (Å²) in [5, 5.41) is 19.6. The zero-order valence-electron chi connectivity index (χ0n) is 11.1. The number of ketones is 2. The predicted molar refractivity (Wildman–Crippen MR) is 70.1 cm³/mol. The van der Waals surface area contributed by atoms with E-state index in [1.807, 2.05) is 19.9 Å². The highest BCUT2D eigenvalue weighted by atomic mass is 16.6. The Hall–Kier alpha value is -2.14. The number of carbonyl (C=O) groups excluding carboxylic acids is 2. The van der Waals surface area contributed by atoms with Gasteiger partial charge in [-0.05, 0) is 26.0 Å². The summed E-state index contributed by atoms with van der Waals surface area (Å²) in [6, 6.07) is 2.40. The number of allylic oxidation sites excluding steroid dienone is 1. The Balaban J connectivity index is 2.13. The summed E-state index contributed by atoms with van der Waals surface area (Å²) in [7, 11) is 0. The molecule has 104 valence electrons. The van der Waals surface area contributed by atoms with Gasteiger partial charge < -0.3 is 14.9 Å². The highest BCUT2D eigenvalue weighted by Gasteiger charge is 2.69. The summed E-state index contributed by atoms with van der Waals surface area (Å²) < 4.78 is 5.37. The molecule has 0 amide bonds. The van der Waals surface area contributed by atoms with E-state index in [1.54, 1.807) is 0 Å². The van der Waals surface area contributed by atoms with E-state index in [4.69, 9.17) is 4.74 Å². The van der Waals surface area contributed by atoms with Crippen molar-refractivity contribution < 1.29 is 24.5 Å². The van der Waals surface area contributed by atoms with Crippen LogP contribution in [0, 0.1) is 0 Å². The van der Waals surface area contributed by atoms with E-state index in [0.717, 1.165) is 5.57 Å². The molecule has 2 N–H and O–H groups in total. The number of aromatic hydroxyl groups is 2. The van der Waals surface area contributed by atoms with Crippen molar-refractivity contribution in [1.82, 2.24) is 0 Å². The quantitative estimate of drug-likeness (QED) is 0.489. The van der Waals surface area contributed by atoms with Gasteiger partial charge in [0, 0.05) is 6.42 Å². The molecule has 1 aromatic rings. The molecule has 20 heavy (non-hydrogen) atoms. The molecule has 1 aromatic carbocycles. The Morgan fingerprint density at radius 3 is 2.45 bits per heavy atom. The van der Waals surface area contributed by atoms with Crippen molar-refractivity contribution in [3.8, 4) is 11.5 Å². The molecular weight excluding hydrogens is 260 g/mol. The number of Topliss-reactive ketones (excluding diaryl/α,β-unsaturated/α-hetero) is 2. The number of hydrogen-bond donors (Lipinski definition) is 2. The van der Waals surface area contributed by atoms with Crippen molar-refractivity contribution in [2.75, 3.05) is 0 Å². The normalized spacial score (nSPS) is 26.8. The molecule has 0 radical (unpaired) electrons. The van der Waals surface area contributed by atoms with Gasteiger partial charge in [0.2, 0.25) is 5.78 Å². The van der Waals surface area contributed by atoms with Crippen LogP contribution in [-0.4, -0.2) is 33.5 Å². The lowest BCUT2D eigenvalue weighted by atomic mass is 9.79. The van der Waals surface area contributed by atoms with Gasteiger partial charge >= 0.3 is 0 Å². The van der Waals surface area contributed by atoms with Crippen LogP contribution in [0.3, 0.4) is 0 Å². The topological polar surface area (TPSA) is 87.1 Å². The van der Waals surface area contributed by atoms with Crippen LogP contribution >= 0.6 is 0 Å². The monoisotopic (exact) mass is 274 g/mol. The largest absolute Gasteiger partial charge is 0.507 e. The Kier molecular flexibility index (Phi) is 2.53. The van der Waals surface area contributed by atoms with E-state index < -0.39 is 23.3 Å². The third kappa shape index (κ3) is 1.53. The molecule has 0 bridgehead atoms. The highest BCUT2D eigenvalue weighted by molar-refractivity contribution is 6.25. The van der Waals surface area contributed by atoms with Crippen molar-refractivity contribution in [3.63, 3.8) is 0 Å². The highest BCUT2D eigenvalue weighted by Crippen LogP contribution is 2.52. The number of hydrogen-bond acceptors (Lipinski definition) is 5. The molecule has 0 saturated carbocycles. The van der Waals surface area contributed by atoms with Crippen LogP contribution in [0.4, 0.5) is 0 Å². The second kappa shape index (κ2) is 3.93. The smallest absolute Gasteiger partial charge is 0.202 e. The van der Waals surface area contributed by atoms with Gasteiger partial charge in [0.05, 0.1) is 11.1 Å². The average molecular weight is 274 g/mol. The summed E-state index contributed by atoms with van der Waals surface area (Å²) in [5.74, 6) is -1.50. The molecule has 1 aliphatic carbocycles. The van der Waals surface area contributed by atoms with Crippen LogP contribution in [-0.2, 0) is 4.74 Å². The van der Waals surface area contributed by atoms with Crippen LogP contribution in [0.1, 0.15) is 41.0 Å². The summed E-state index contributed by atoms with van der Waals surface area (Å²) in [6.45, 7) is 3.78. The number of carbonyl (C=O) groups is 2. The van der Waals surface area contributed by atoms with Crippen molar-refractivity contribution in [1.29, 1.82) is 0 Å². The van der Waals surface area contributed by atoms with Gasteiger partial charge in [-0.1, -0.05) is 11.6 Å². The lowest BCUT2D eigenvalue weighted by Gasteiger charge is -2.19. The number of fused-ring (bicyclic) bond motifs is 2. The van der Waals surface area contributed by atoms with Gasteiger partial charge in [-0.2, -0.15) is 0 Å². The second-order valence-corrected chi connectivity index (χ2v) is 5.42. The fourth-order valence-electron chi connectivity index (χ4n) is 2.62. The Bertz CT molecular complexity index is 669. The summed E-state index contributed by atoms with van der Waals surface area (Å²) >= 11 is 0. The number of benzene rings is 1. The predicted octanol–water partition coefficient (Wildman–Crippen LogP) is 1.97. The number of phenols is 2. The fraction of sp³-hybridized carbons (Fsp3) is 0.333. The minimum Gasteiger partial charge on any atom is -0.507 e. The van der Waals surface area contributed by atoms with Gasteiger partial charge in [0.25, 0.3) is 0 Å². The molecule has 1 heterocycles. The molecule has 2 atom stereocenters. The summed E-state index contributed by atoms with van der Waals surface area (Å²) in [5.41, 5.74) is -0.455. The average Bonchev–Trinajstić information content (AvgIpc) is 3.13. The summed E-state index contributed by atoms with van der Waals surface area (Å²) in [6.07, 6.45) is 1.26. The number of phenolic OH excluding ortho intramolecular Hbond substituents is 2. The number of rotatable bonds is 2. The lowest BCUT2D eigenvalue weighted by Crippen LogP contribution is -2.36. The van der Waals surface area contributed by atoms with Crippen molar-refractivity contribution >= 4 is 11.6 Å². The number of epoxide rings is 1. The Morgan fingerprint density at radius 2 is 1.85 bits per heavy atom. The first-order valence-corrected chi connectivity index (χ1v) is 6.33. The molecule has 0 unspecified atom stereocenters. The van der Waals surface area contributed by atoms with E-state index in [9.17, 15) is 19.8 Å². The third-order valence-corrected chi connectivity index (χ3v) is 3.77. The second-order valence-electron chi connectivity index (χ2n) is 5.42. The van der Waals surface area contributed by atoms with Crippen molar-refractivity contribution in [2.24, 2.45) is 0 Å². The van der Waals surface area contributed by atoms with E-state index in [0.29, 0.717) is 6.42 Å². The van der Waals surface area contributed by atoms with Crippen LogP contribution in [0.25, 0.3) is 0 Å². The molecule has 1 aliphatic heterocycles.